The highest BCUT2D eigenvalue weighted by Gasteiger charge is 2.23. The zero-order valence-electron chi connectivity index (χ0n) is 9.08. The van der Waals surface area contributed by atoms with Crippen molar-refractivity contribution in [3.63, 3.8) is 0 Å². The Kier molecular flexibility index (Phi) is 4.90. The van der Waals surface area contributed by atoms with Crippen molar-refractivity contribution in [2.75, 3.05) is 40.4 Å². The van der Waals surface area contributed by atoms with Crippen LogP contribution in [0.5, 0.6) is 0 Å². The molecule has 1 rings (SSSR count). The van der Waals surface area contributed by atoms with Crippen LogP contribution < -0.4 is 5.32 Å². The Balaban J connectivity index is 2.30. The van der Waals surface area contributed by atoms with Crippen molar-refractivity contribution in [2.24, 2.45) is 5.92 Å². The zero-order chi connectivity index (χ0) is 10.4. The number of carbonyl (C=O) groups excluding carboxylic acids is 1. The number of nitrogens with zero attached hydrogens (tertiary/aromatic N) is 1. The number of carbonyl (C=O) groups is 1. The predicted molar refractivity (Wildman–Crippen MR) is 55.1 cm³/mol. The summed E-state index contributed by atoms with van der Waals surface area (Å²) >= 11 is 0. The fraction of sp³-hybridized carbons (Fsp3) is 0.900. The van der Waals surface area contributed by atoms with E-state index in [1.54, 1.807) is 12.0 Å². The van der Waals surface area contributed by atoms with E-state index < -0.39 is 0 Å². The molecule has 0 aliphatic carbocycles. The molecule has 0 bridgehead atoms. The molecule has 0 aromatic heterocycles. The second-order valence-electron chi connectivity index (χ2n) is 3.80. The minimum atomic E-state index is 0.172. The summed E-state index contributed by atoms with van der Waals surface area (Å²) < 4.78 is 4.94. The summed E-state index contributed by atoms with van der Waals surface area (Å²) in [4.78, 5) is 13.6. The minimum Gasteiger partial charge on any atom is -0.383 e. The van der Waals surface area contributed by atoms with Crippen LogP contribution in [0.15, 0.2) is 0 Å². The van der Waals surface area contributed by atoms with Gasteiger partial charge in [0.2, 0.25) is 5.91 Å². The van der Waals surface area contributed by atoms with E-state index in [9.17, 15) is 4.79 Å². The molecule has 1 fully saturated rings. The summed E-state index contributed by atoms with van der Waals surface area (Å²) in [7, 11) is 3.50. The van der Waals surface area contributed by atoms with Gasteiger partial charge in [-0.1, -0.05) is 0 Å². The number of hydrogen-bond acceptors (Lipinski definition) is 3. The van der Waals surface area contributed by atoms with Gasteiger partial charge in [-0.25, -0.2) is 0 Å². The van der Waals surface area contributed by atoms with E-state index in [1.807, 2.05) is 7.05 Å². The zero-order valence-corrected chi connectivity index (χ0v) is 9.08. The first kappa shape index (κ1) is 11.5. The molecule has 0 spiro atoms. The number of hydrogen-bond donors (Lipinski definition) is 1. The van der Waals surface area contributed by atoms with Crippen molar-refractivity contribution < 1.29 is 9.53 Å². The van der Waals surface area contributed by atoms with Gasteiger partial charge in [0.1, 0.15) is 0 Å². The molecular weight excluding hydrogens is 180 g/mol. The van der Waals surface area contributed by atoms with Crippen molar-refractivity contribution in [3.05, 3.63) is 0 Å². The van der Waals surface area contributed by atoms with Crippen molar-refractivity contribution in [2.45, 2.75) is 12.8 Å². The SMILES string of the molecule is COCCN(C)C(=O)C1CCCNC1. The van der Waals surface area contributed by atoms with E-state index in [4.69, 9.17) is 4.74 Å². The first-order valence-electron chi connectivity index (χ1n) is 5.20. The van der Waals surface area contributed by atoms with Gasteiger partial charge in [-0.15, -0.1) is 0 Å². The number of nitrogens with one attached hydrogen (secondary N) is 1. The molecule has 1 amide bonds. The maximum Gasteiger partial charge on any atom is 0.226 e. The summed E-state index contributed by atoms with van der Waals surface area (Å²) in [6.45, 7) is 3.18. The number of methoxy groups -OCH3 is 1. The van der Waals surface area contributed by atoms with Crippen LogP contribution in [-0.4, -0.2) is 51.2 Å². The number of piperidine rings is 1. The van der Waals surface area contributed by atoms with Crippen LogP contribution in [0.1, 0.15) is 12.8 Å². The van der Waals surface area contributed by atoms with Crippen LogP contribution in [0.4, 0.5) is 0 Å². The third kappa shape index (κ3) is 3.27. The highest BCUT2D eigenvalue weighted by atomic mass is 16.5. The van der Waals surface area contributed by atoms with Crippen LogP contribution in [0.25, 0.3) is 0 Å². The molecule has 1 unspecified atom stereocenters. The summed E-state index contributed by atoms with van der Waals surface area (Å²) in [6.07, 6.45) is 2.12. The maximum absolute atomic E-state index is 11.8. The molecule has 14 heavy (non-hydrogen) atoms. The molecule has 1 N–H and O–H groups in total. The van der Waals surface area contributed by atoms with Crippen LogP contribution in [0, 0.1) is 5.92 Å². The number of likely N-dealkylation sites (N-methyl/N-ethyl adjacent to an activating group) is 1. The normalized spacial score (nSPS) is 22.0. The number of amides is 1. The van der Waals surface area contributed by atoms with Gasteiger partial charge < -0.3 is 15.0 Å². The van der Waals surface area contributed by atoms with E-state index >= 15 is 0 Å². The van der Waals surface area contributed by atoms with Crippen molar-refractivity contribution >= 4 is 5.91 Å². The molecule has 4 heteroatoms. The molecule has 0 saturated carbocycles. The summed E-state index contributed by atoms with van der Waals surface area (Å²) in [5.74, 6) is 0.417. The molecule has 82 valence electrons. The van der Waals surface area contributed by atoms with Gasteiger partial charge >= 0.3 is 0 Å². The average molecular weight is 200 g/mol. The van der Waals surface area contributed by atoms with Gasteiger partial charge in [0.15, 0.2) is 0 Å². The van der Waals surface area contributed by atoms with Crippen molar-refractivity contribution in [1.29, 1.82) is 0 Å². The van der Waals surface area contributed by atoms with Gasteiger partial charge in [0.05, 0.1) is 12.5 Å². The minimum absolute atomic E-state index is 0.172. The summed E-state index contributed by atoms with van der Waals surface area (Å²) in [5, 5.41) is 3.25. The Hall–Kier alpha value is -0.610. The molecule has 4 nitrogen and oxygen atoms in total. The first-order valence-corrected chi connectivity index (χ1v) is 5.20. The second kappa shape index (κ2) is 5.98. The third-order valence-corrected chi connectivity index (χ3v) is 2.65. The predicted octanol–water partition coefficient (Wildman–Crippen LogP) is 0.0908. The molecule has 0 aromatic rings. The Bertz CT molecular complexity index is 179. The average Bonchev–Trinajstić information content (AvgIpc) is 2.26. The summed E-state index contributed by atoms with van der Waals surface area (Å²) in [5.41, 5.74) is 0. The second-order valence-corrected chi connectivity index (χ2v) is 3.80. The molecule has 1 aliphatic rings. The lowest BCUT2D eigenvalue weighted by molar-refractivity contribution is -0.135. The van der Waals surface area contributed by atoms with E-state index in [1.165, 1.54) is 0 Å². The van der Waals surface area contributed by atoms with Gasteiger partial charge in [-0.2, -0.15) is 0 Å². The lowest BCUT2D eigenvalue weighted by Gasteiger charge is -2.26. The molecule has 1 heterocycles. The highest BCUT2D eigenvalue weighted by Crippen LogP contribution is 2.12. The van der Waals surface area contributed by atoms with Gasteiger partial charge in [0, 0.05) is 27.2 Å². The number of ether oxygens (including phenoxy) is 1. The Morgan fingerprint density at radius 3 is 3.00 bits per heavy atom. The quantitative estimate of drug-likeness (QED) is 0.699. The van der Waals surface area contributed by atoms with Crippen molar-refractivity contribution in [1.82, 2.24) is 10.2 Å². The highest BCUT2D eigenvalue weighted by molar-refractivity contribution is 5.78. The smallest absolute Gasteiger partial charge is 0.226 e. The lowest BCUT2D eigenvalue weighted by atomic mass is 9.98. The van der Waals surface area contributed by atoms with Crippen LogP contribution in [-0.2, 0) is 9.53 Å². The van der Waals surface area contributed by atoms with Crippen LogP contribution in [0.2, 0.25) is 0 Å². The van der Waals surface area contributed by atoms with E-state index in [2.05, 4.69) is 5.32 Å². The largest absolute Gasteiger partial charge is 0.383 e. The Labute approximate surface area is 85.6 Å². The molecule has 1 atom stereocenters. The molecule has 1 saturated heterocycles. The van der Waals surface area contributed by atoms with Crippen molar-refractivity contribution in [3.8, 4) is 0 Å². The molecule has 0 radical (unpaired) electrons. The Morgan fingerprint density at radius 2 is 2.43 bits per heavy atom. The van der Waals surface area contributed by atoms with Crippen LogP contribution >= 0.6 is 0 Å². The lowest BCUT2D eigenvalue weighted by Crippen LogP contribution is -2.42. The van der Waals surface area contributed by atoms with E-state index in [0.717, 1.165) is 25.9 Å². The van der Waals surface area contributed by atoms with Gasteiger partial charge in [-0.05, 0) is 19.4 Å². The Morgan fingerprint density at radius 1 is 1.64 bits per heavy atom. The molecular formula is C10H20N2O2. The summed E-state index contributed by atoms with van der Waals surface area (Å²) in [6, 6.07) is 0. The van der Waals surface area contributed by atoms with Gasteiger partial charge in [-0.3, -0.25) is 4.79 Å². The maximum atomic E-state index is 11.8. The molecule has 1 aliphatic heterocycles. The van der Waals surface area contributed by atoms with Crippen LogP contribution in [0.3, 0.4) is 0 Å². The first-order chi connectivity index (χ1) is 6.75. The monoisotopic (exact) mass is 200 g/mol. The van der Waals surface area contributed by atoms with E-state index in [-0.39, 0.29) is 11.8 Å². The third-order valence-electron chi connectivity index (χ3n) is 2.65. The topological polar surface area (TPSA) is 41.6 Å². The standard InChI is InChI=1S/C10H20N2O2/c1-12(6-7-14-2)10(13)9-4-3-5-11-8-9/h9,11H,3-8H2,1-2H3. The van der Waals surface area contributed by atoms with Gasteiger partial charge in [0.25, 0.3) is 0 Å². The molecule has 0 aromatic carbocycles. The fourth-order valence-electron chi connectivity index (χ4n) is 1.71. The number of rotatable bonds is 4. The van der Waals surface area contributed by atoms with E-state index in [0.29, 0.717) is 13.2 Å². The fourth-order valence-corrected chi connectivity index (χ4v) is 1.71.